The third-order valence-electron chi connectivity index (χ3n) is 3.65. The first kappa shape index (κ1) is 10.6. The van der Waals surface area contributed by atoms with Crippen LogP contribution >= 0.6 is 11.3 Å². The molecule has 2 aromatic heterocycles. The van der Waals surface area contributed by atoms with Crippen molar-refractivity contribution in [1.82, 2.24) is 10.3 Å². The Bertz CT molecular complexity index is 569. The average molecular weight is 261 g/mol. The van der Waals surface area contributed by atoms with E-state index >= 15 is 0 Å². The monoisotopic (exact) mass is 261 g/mol. The second-order valence-electron chi connectivity index (χ2n) is 4.76. The van der Waals surface area contributed by atoms with Crippen molar-refractivity contribution in [3.63, 3.8) is 0 Å². The number of furan rings is 1. The summed E-state index contributed by atoms with van der Waals surface area (Å²) >= 11 is 1.85. The number of piperazine rings is 1. The summed E-state index contributed by atoms with van der Waals surface area (Å²) in [6, 6.07) is 2.05. The molecular formula is C13H15N3OS. The highest BCUT2D eigenvalue weighted by Gasteiger charge is 2.25. The standard InChI is InChI=1S/C13H15N3OS/c1-2-11-12(9-3-8-17-10(1)9)15-13(18-11)16-6-4-14-5-7-16/h3,8,14H,1-2,4-7H2. The minimum Gasteiger partial charge on any atom is -0.469 e. The van der Waals surface area contributed by atoms with Crippen LogP contribution < -0.4 is 10.2 Å². The lowest BCUT2D eigenvalue weighted by Gasteiger charge is -2.26. The normalized spacial score (nSPS) is 18.6. The summed E-state index contributed by atoms with van der Waals surface area (Å²) in [4.78, 5) is 8.65. The number of aromatic nitrogens is 1. The number of aryl methyl sites for hydroxylation is 2. The predicted molar refractivity (Wildman–Crippen MR) is 72.3 cm³/mol. The van der Waals surface area contributed by atoms with Gasteiger partial charge in [0.05, 0.1) is 12.0 Å². The first-order valence-electron chi connectivity index (χ1n) is 6.44. The maximum absolute atomic E-state index is 5.51. The van der Waals surface area contributed by atoms with Gasteiger partial charge < -0.3 is 14.6 Å². The van der Waals surface area contributed by atoms with Gasteiger partial charge in [-0.25, -0.2) is 4.98 Å². The van der Waals surface area contributed by atoms with Crippen molar-refractivity contribution in [2.24, 2.45) is 0 Å². The molecule has 2 aromatic rings. The predicted octanol–water partition coefficient (Wildman–Crippen LogP) is 1.91. The van der Waals surface area contributed by atoms with Gasteiger partial charge in [0, 0.05) is 43.0 Å². The lowest BCUT2D eigenvalue weighted by molar-refractivity contribution is 0.508. The van der Waals surface area contributed by atoms with E-state index in [4.69, 9.17) is 9.40 Å². The highest BCUT2D eigenvalue weighted by molar-refractivity contribution is 7.16. The van der Waals surface area contributed by atoms with Crippen LogP contribution in [0.2, 0.25) is 0 Å². The number of rotatable bonds is 1. The molecule has 3 heterocycles. The van der Waals surface area contributed by atoms with Crippen molar-refractivity contribution >= 4 is 16.5 Å². The van der Waals surface area contributed by atoms with Crippen molar-refractivity contribution in [2.45, 2.75) is 12.8 Å². The minimum absolute atomic E-state index is 1.01. The number of anilines is 1. The number of hydrogen-bond acceptors (Lipinski definition) is 5. The van der Waals surface area contributed by atoms with Crippen LogP contribution in [0.3, 0.4) is 0 Å². The van der Waals surface area contributed by atoms with Gasteiger partial charge in [-0.2, -0.15) is 0 Å². The number of hydrogen-bond donors (Lipinski definition) is 1. The number of thiazole rings is 1. The Morgan fingerprint density at radius 3 is 3.06 bits per heavy atom. The van der Waals surface area contributed by atoms with Crippen LogP contribution in [0.1, 0.15) is 10.6 Å². The van der Waals surface area contributed by atoms with Crippen LogP contribution in [0.4, 0.5) is 5.13 Å². The summed E-state index contributed by atoms with van der Waals surface area (Å²) in [5, 5.41) is 4.55. The molecule has 1 N–H and O–H groups in total. The van der Waals surface area contributed by atoms with Crippen molar-refractivity contribution in [2.75, 3.05) is 31.1 Å². The lowest BCUT2D eigenvalue weighted by Crippen LogP contribution is -2.43. The molecule has 0 saturated carbocycles. The van der Waals surface area contributed by atoms with Gasteiger partial charge in [0.25, 0.3) is 0 Å². The molecule has 0 unspecified atom stereocenters. The van der Waals surface area contributed by atoms with Crippen molar-refractivity contribution in [3.8, 4) is 11.3 Å². The topological polar surface area (TPSA) is 41.3 Å². The SMILES string of the molecule is c1cc2c(o1)CCc1sc(N3CCNCC3)nc1-2. The van der Waals surface area contributed by atoms with Gasteiger partial charge in [-0.3, -0.25) is 0 Å². The van der Waals surface area contributed by atoms with E-state index in [-0.39, 0.29) is 0 Å². The molecule has 0 aromatic carbocycles. The van der Waals surface area contributed by atoms with Crippen LogP contribution in [0.15, 0.2) is 16.7 Å². The van der Waals surface area contributed by atoms with Crippen LogP contribution in [-0.4, -0.2) is 31.2 Å². The van der Waals surface area contributed by atoms with Gasteiger partial charge in [0.2, 0.25) is 0 Å². The van der Waals surface area contributed by atoms with Crippen molar-refractivity contribution in [1.29, 1.82) is 0 Å². The molecule has 4 nitrogen and oxygen atoms in total. The second kappa shape index (κ2) is 4.10. The molecule has 0 spiro atoms. The number of nitrogens with zero attached hydrogens (tertiary/aromatic N) is 2. The Balaban J connectivity index is 1.73. The molecular weight excluding hydrogens is 246 g/mol. The van der Waals surface area contributed by atoms with Crippen LogP contribution in [0.25, 0.3) is 11.3 Å². The zero-order valence-electron chi connectivity index (χ0n) is 10.1. The minimum atomic E-state index is 1.01. The Kier molecular flexibility index (Phi) is 2.41. The average Bonchev–Trinajstić information content (AvgIpc) is 3.05. The van der Waals surface area contributed by atoms with E-state index in [9.17, 15) is 0 Å². The highest BCUT2D eigenvalue weighted by Crippen LogP contribution is 2.39. The summed E-state index contributed by atoms with van der Waals surface area (Å²) in [5.74, 6) is 1.10. The van der Waals surface area contributed by atoms with E-state index in [2.05, 4.69) is 16.3 Å². The van der Waals surface area contributed by atoms with E-state index in [0.29, 0.717) is 0 Å². The third kappa shape index (κ3) is 1.58. The first-order valence-corrected chi connectivity index (χ1v) is 7.25. The van der Waals surface area contributed by atoms with Gasteiger partial charge in [-0.15, -0.1) is 11.3 Å². The zero-order valence-corrected chi connectivity index (χ0v) is 10.9. The van der Waals surface area contributed by atoms with Gasteiger partial charge >= 0.3 is 0 Å². The lowest BCUT2D eigenvalue weighted by atomic mass is 10.0. The summed E-state index contributed by atoms with van der Waals surface area (Å²) < 4.78 is 5.51. The molecule has 1 aliphatic heterocycles. The van der Waals surface area contributed by atoms with Gasteiger partial charge in [-0.05, 0) is 12.5 Å². The molecule has 5 heteroatoms. The largest absolute Gasteiger partial charge is 0.469 e. The Morgan fingerprint density at radius 2 is 2.17 bits per heavy atom. The molecule has 0 atom stereocenters. The second-order valence-corrected chi connectivity index (χ2v) is 5.82. The van der Waals surface area contributed by atoms with E-state index in [1.807, 2.05) is 11.3 Å². The molecule has 1 saturated heterocycles. The molecule has 4 rings (SSSR count). The molecule has 2 aliphatic rings. The van der Waals surface area contributed by atoms with Crippen LogP contribution in [0, 0.1) is 0 Å². The summed E-state index contributed by atoms with van der Waals surface area (Å²) in [6.07, 6.45) is 3.86. The molecule has 18 heavy (non-hydrogen) atoms. The van der Waals surface area contributed by atoms with E-state index in [0.717, 1.165) is 50.5 Å². The molecule has 0 bridgehead atoms. The van der Waals surface area contributed by atoms with Crippen molar-refractivity contribution < 1.29 is 4.42 Å². The van der Waals surface area contributed by atoms with E-state index < -0.39 is 0 Å². The molecule has 0 radical (unpaired) electrons. The summed E-state index contributed by atoms with van der Waals surface area (Å²) in [5.41, 5.74) is 2.36. The maximum atomic E-state index is 5.51. The summed E-state index contributed by atoms with van der Waals surface area (Å²) in [6.45, 7) is 4.23. The molecule has 94 valence electrons. The van der Waals surface area contributed by atoms with Crippen LogP contribution in [-0.2, 0) is 12.8 Å². The molecule has 1 aliphatic carbocycles. The zero-order chi connectivity index (χ0) is 11.9. The van der Waals surface area contributed by atoms with Gasteiger partial charge in [0.15, 0.2) is 5.13 Å². The molecule has 1 fully saturated rings. The van der Waals surface area contributed by atoms with Gasteiger partial charge in [0.1, 0.15) is 5.76 Å². The Labute approximate surface area is 110 Å². The Hall–Kier alpha value is -1.33. The molecule has 0 amide bonds. The van der Waals surface area contributed by atoms with Gasteiger partial charge in [-0.1, -0.05) is 0 Å². The summed E-state index contributed by atoms with van der Waals surface area (Å²) in [7, 11) is 0. The fraction of sp³-hybridized carbons (Fsp3) is 0.462. The van der Waals surface area contributed by atoms with E-state index in [1.165, 1.54) is 15.6 Å². The quantitative estimate of drug-likeness (QED) is 0.851. The number of fused-ring (bicyclic) bond motifs is 3. The third-order valence-corrected chi connectivity index (χ3v) is 4.83. The fourth-order valence-corrected chi connectivity index (χ4v) is 3.81. The van der Waals surface area contributed by atoms with Crippen molar-refractivity contribution in [3.05, 3.63) is 23.0 Å². The fourth-order valence-electron chi connectivity index (χ4n) is 2.68. The highest BCUT2D eigenvalue weighted by atomic mass is 32.1. The Morgan fingerprint density at radius 1 is 1.28 bits per heavy atom. The number of nitrogens with one attached hydrogen (secondary N) is 1. The smallest absolute Gasteiger partial charge is 0.186 e. The first-order chi connectivity index (χ1) is 8.92. The van der Waals surface area contributed by atoms with E-state index in [1.54, 1.807) is 6.26 Å². The maximum Gasteiger partial charge on any atom is 0.186 e. The van der Waals surface area contributed by atoms with Crippen LogP contribution in [0.5, 0.6) is 0 Å².